The van der Waals surface area contributed by atoms with Crippen molar-refractivity contribution in [3.05, 3.63) is 65.6 Å². The Morgan fingerprint density at radius 1 is 0.900 bits per heavy atom. The molecule has 4 heteroatoms. The Labute approximate surface area is 119 Å². The second-order valence-electron chi connectivity index (χ2n) is 4.50. The minimum Gasteiger partial charge on any atom is -0.353 e. The number of hydrogen-bond donors (Lipinski definition) is 1. The zero-order valence-corrected chi connectivity index (χ0v) is 11.4. The van der Waals surface area contributed by atoms with E-state index in [4.69, 9.17) is 0 Å². The van der Waals surface area contributed by atoms with Crippen molar-refractivity contribution in [2.45, 2.75) is 0 Å². The maximum atomic E-state index is 4.57. The summed E-state index contributed by atoms with van der Waals surface area (Å²) in [6, 6.07) is 18.2. The smallest absolute Gasteiger partial charge is 0.210 e. The highest BCUT2D eigenvalue weighted by molar-refractivity contribution is 7.17. The first-order chi connectivity index (χ1) is 9.90. The second kappa shape index (κ2) is 4.58. The number of hydrogen-bond acceptors (Lipinski definition) is 3. The summed E-state index contributed by atoms with van der Waals surface area (Å²) >= 11 is 1.61. The number of aromatic nitrogens is 2. The van der Waals surface area contributed by atoms with E-state index < -0.39 is 0 Å². The van der Waals surface area contributed by atoms with Crippen LogP contribution in [0.2, 0.25) is 0 Å². The summed E-state index contributed by atoms with van der Waals surface area (Å²) in [6.07, 6.45) is 1.85. The van der Waals surface area contributed by atoms with Gasteiger partial charge in [0.15, 0.2) is 0 Å². The van der Waals surface area contributed by atoms with E-state index in [-0.39, 0.29) is 0 Å². The summed E-state index contributed by atoms with van der Waals surface area (Å²) in [6.45, 7) is 0. The van der Waals surface area contributed by atoms with E-state index >= 15 is 0 Å². The maximum Gasteiger partial charge on any atom is 0.210 e. The molecule has 4 rings (SSSR count). The third kappa shape index (κ3) is 1.90. The summed E-state index contributed by atoms with van der Waals surface area (Å²) in [5, 5.41) is 1.22. The van der Waals surface area contributed by atoms with E-state index in [2.05, 4.69) is 33.2 Å². The Bertz CT molecular complexity index is 951. The van der Waals surface area contributed by atoms with Gasteiger partial charge in [-0.1, -0.05) is 47.7 Å². The zero-order chi connectivity index (χ0) is 13.4. The molecule has 0 aliphatic heterocycles. The molecule has 0 radical (unpaired) electrons. The molecule has 0 fully saturated rings. The number of aromatic amines is 1. The lowest BCUT2D eigenvalue weighted by Gasteiger charge is -1.92. The summed E-state index contributed by atoms with van der Waals surface area (Å²) in [5.74, 6) is 0. The number of para-hydroxylation sites is 2. The number of rotatable bonds is 1. The second-order valence-corrected chi connectivity index (χ2v) is 5.48. The highest BCUT2D eigenvalue weighted by Gasteiger charge is 2.04. The Morgan fingerprint density at radius 2 is 1.70 bits per heavy atom. The molecule has 0 saturated heterocycles. The van der Waals surface area contributed by atoms with Gasteiger partial charge in [-0.15, -0.1) is 0 Å². The van der Waals surface area contributed by atoms with Crippen LogP contribution in [-0.2, 0) is 0 Å². The molecule has 0 amide bonds. The lowest BCUT2D eigenvalue weighted by molar-refractivity contribution is 1.22. The van der Waals surface area contributed by atoms with Gasteiger partial charge < -0.3 is 4.98 Å². The fourth-order valence-corrected chi connectivity index (χ4v) is 3.18. The Kier molecular flexibility index (Phi) is 2.60. The van der Waals surface area contributed by atoms with Crippen LogP contribution in [0.25, 0.3) is 21.1 Å². The van der Waals surface area contributed by atoms with Gasteiger partial charge in [-0.2, -0.15) is 0 Å². The zero-order valence-electron chi connectivity index (χ0n) is 10.6. The molecule has 20 heavy (non-hydrogen) atoms. The van der Waals surface area contributed by atoms with Crippen LogP contribution < -0.4 is 4.80 Å². The van der Waals surface area contributed by atoms with Crippen LogP contribution in [0.4, 0.5) is 5.69 Å². The quantitative estimate of drug-likeness (QED) is 0.561. The molecule has 0 spiro atoms. The van der Waals surface area contributed by atoms with E-state index in [1.165, 1.54) is 10.1 Å². The minimum atomic E-state index is 0.772. The Morgan fingerprint density at radius 3 is 2.60 bits per heavy atom. The largest absolute Gasteiger partial charge is 0.353 e. The fourth-order valence-electron chi connectivity index (χ4n) is 2.24. The van der Waals surface area contributed by atoms with Crippen molar-refractivity contribution in [1.29, 1.82) is 0 Å². The van der Waals surface area contributed by atoms with Crippen molar-refractivity contribution >= 4 is 38.1 Å². The van der Waals surface area contributed by atoms with Crippen LogP contribution >= 0.6 is 11.3 Å². The number of H-pyrrole nitrogens is 1. The Hall–Kier alpha value is -2.46. The molecule has 1 N–H and O–H groups in total. The summed E-state index contributed by atoms with van der Waals surface area (Å²) < 4.78 is 1.20. The van der Waals surface area contributed by atoms with Crippen molar-refractivity contribution in [2.75, 3.05) is 0 Å². The average molecular weight is 277 g/mol. The van der Waals surface area contributed by atoms with Gasteiger partial charge in [0.2, 0.25) is 4.80 Å². The molecular formula is C16H11N3S. The standard InChI is InChI=1S/C16H11N3S/c1-2-6-11(7-3-1)18-16-17-10-14-15(20-16)12-8-4-5-9-13(12)19-14/h1-10,19H. The molecule has 0 bridgehead atoms. The number of nitrogens with zero attached hydrogens (tertiary/aromatic N) is 2. The molecule has 2 heterocycles. The number of fused-ring (bicyclic) bond motifs is 3. The monoisotopic (exact) mass is 277 g/mol. The van der Waals surface area contributed by atoms with Gasteiger partial charge in [0.05, 0.1) is 22.1 Å². The SMILES string of the molecule is c1ccc(N=c2ncc3[nH]c4ccccc4c3s2)cc1. The third-order valence-corrected chi connectivity index (χ3v) is 4.19. The maximum absolute atomic E-state index is 4.57. The first-order valence-electron chi connectivity index (χ1n) is 6.36. The molecule has 0 saturated carbocycles. The van der Waals surface area contributed by atoms with Gasteiger partial charge in [-0.25, -0.2) is 9.98 Å². The number of benzene rings is 2. The van der Waals surface area contributed by atoms with E-state index in [0.29, 0.717) is 0 Å². The molecule has 96 valence electrons. The molecular weight excluding hydrogens is 266 g/mol. The molecule has 2 aromatic carbocycles. The normalized spacial score (nSPS) is 12.3. The van der Waals surface area contributed by atoms with Crippen molar-refractivity contribution in [3.8, 4) is 0 Å². The van der Waals surface area contributed by atoms with Crippen LogP contribution in [0.5, 0.6) is 0 Å². The molecule has 2 aromatic heterocycles. The summed E-state index contributed by atoms with van der Waals surface area (Å²) in [4.78, 5) is 13.1. The van der Waals surface area contributed by atoms with E-state index in [9.17, 15) is 0 Å². The van der Waals surface area contributed by atoms with Gasteiger partial charge >= 0.3 is 0 Å². The van der Waals surface area contributed by atoms with Crippen molar-refractivity contribution in [1.82, 2.24) is 9.97 Å². The van der Waals surface area contributed by atoms with Crippen molar-refractivity contribution in [2.24, 2.45) is 4.99 Å². The Balaban J connectivity index is 1.98. The number of nitrogens with one attached hydrogen (secondary N) is 1. The molecule has 4 aromatic rings. The third-order valence-electron chi connectivity index (χ3n) is 3.16. The van der Waals surface area contributed by atoms with Gasteiger partial charge in [0.25, 0.3) is 0 Å². The lowest BCUT2D eigenvalue weighted by atomic mass is 10.2. The van der Waals surface area contributed by atoms with Crippen molar-refractivity contribution in [3.63, 3.8) is 0 Å². The first kappa shape index (κ1) is 11.4. The predicted octanol–water partition coefficient (Wildman–Crippen LogP) is 4.01. The van der Waals surface area contributed by atoms with Crippen LogP contribution in [-0.4, -0.2) is 9.97 Å². The summed E-state index contributed by atoms with van der Waals surface area (Å²) in [7, 11) is 0. The lowest BCUT2D eigenvalue weighted by Crippen LogP contribution is -2.00. The molecule has 0 atom stereocenters. The van der Waals surface area contributed by atoms with E-state index in [1.807, 2.05) is 42.6 Å². The van der Waals surface area contributed by atoms with Crippen molar-refractivity contribution < 1.29 is 0 Å². The van der Waals surface area contributed by atoms with Gasteiger partial charge in [-0.05, 0) is 18.2 Å². The average Bonchev–Trinajstić information content (AvgIpc) is 2.86. The highest BCUT2D eigenvalue weighted by Crippen LogP contribution is 2.25. The van der Waals surface area contributed by atoms with Crippen LogP contribution in [0, 0.1) is 0 Å². The van der Waals surface area contributed by atoms with E-state index in [0.717, 1.165) is 21.5 Å². The summed E-state index contributed by atoms with van der Waals surface area (Å²) in [5.41, 5.74) is 3.12. The molecule has 3 nitrogen and oxygen atoms in total. The highest BCUT2D eigenvalue weighted by atomic mass is 32.1. The predicted molar refractivity (Wildman–Crippen MR) is 83.1 cm³/mol. The van der Waals surface area contributed by atoms with Crippen LogP contribution in [0.1, 0.15) is 0 Å². The van der Waals surface area contributed by atoms with Gasteiger partial charge in [0, 0.05) is 10.9 Å². The van der Waals surface area contributed by atoms with E-state index in [1.54, 1.807) is 11.3 Å². The molecule has 0 aliphatic carbocycles. The first-order valence-corrected chi connectivity index (χ1v) is 7.18. The molecule has 0 aliphatic rings. The minimum absolute atomic E-state index is 0.772. The van der Waals surface area contributed by atoms with Crippen LogP contribution in [0.15, 0.2) is 65.8 Å². The van der Waals surface area contributed by atoms with Gasteiger partial charge in [0.1, 0.15) is 0 Å². The topological polar surface area (TPSA) is 41.0 Å². The molecule has 0 unspecified atom stereocenters. The van der Waals surface area contributed by atoms with Gasteiger partial charge in [-0.3, -0.25) is 0 Å². The fraction of sp³-hybridized carbons (Fsp3) is 0. The van der Waals surface area contributed by atoms with Crippen LogP contribution in [0.3, 0.4) is 0 Å².